The first-order valence-corrected chi connectivity index (χ1v) is 5.06. The van der Waals surface area contributed by atoms with Gasteiger partial charge in [-0.1, -0.05) is 23.7 Å². The summed E-state index contributed by atoms with van der Waals surface area (Å²) in [6, 6.07) is 0. The SMILES string of the molecule is CCO/N=C/C1CCC(C)=CC1C. The fraction of sp³-hybridized carbons (Fsp3) is 0.727. The minimum atomic E-state index is 0.565. The number of hydrogen-bond donors (Lipinski definition) is 0. The van der Waals surface area contributed by atoms with E-state index >= 15 is 0 Å². The second-order valence-electron chi connectivity index (χ2n) is 3.75. The lowest BCUT2D eigenvalue weighted by atomic mass is 9.83. The highest BCUT2D eigenvalue weighted by Crippen LogP contribution is 2.26. The molecule has 0 amide bonds. The van der Waals surface area contributed by atoms with E-state index in [1.165, 1.54) is 18.4 Å². The van der Waals surface area contributed by atoms with Gasteiger partial charge in [-0.25, -0.2) is 0 Å². The van der Waals surface area contributed by atoms with Gasteiger partial charge in [0.2, 0.25) is 0 Å². The Hall–Kier alpha value is -0.790. The van der Waals surface area contributed by atoms with Crippen molar-refractivity contribution in [3.63, 3.8) is 0 Å². The van der Waals surface area contributed by atoms with Crippen molar-refractivity contribution in [2.75, 3.05) is 6.61 Å². The zero-order valence-corrected chi connectivity index (χ0v) is 8.79. The Labute approximate surface area is 80.7 Å². The predicted octanol–water partition coefficient (Wildman–Crippen LogP) is 3.00. The van der Waals surface area contributed by atoms with Gasteiger partial charge in [0, 0.05) is 12.1 Å². The van der Waals surface area contributed by atoms with Crippen molar-refractivity contribution in [2.24, 2.45) is 17.0 Å². The van der Waals surface area contributed by atoms with Crippen LogP contribution >= 0.6 is 0 Å². The molecule has 0 aromatic heterocycles. The molecule has 0 fully saturated rings. The fourth-order valence-electron chi connectivity index (χ4n) is 1.72. The Kier molecular flexibility index (Phi) is 4.00. The van der Waals surface area contributed by atoms with Crippen molar-refractivity contribution < 1.29 is 4.84 Å². The Balaban J connectivity index is 2.44. The molecule has 0 aromatic carbocycles. The summed E-state index contributed by atoms with van der Waals surface area (Å²) in [4.78, 5) is 4.96. The van der Waals surface area contributed by atoms with Crippen LogP contribution in [0.15, 0.2) is 16.8 Å². The third-order valence-corrected chi connectivity index (χ3v) is 2.55. The van der Waals surface area contributed by atoms with Gasteiger partial charge in [0.05, 0.1) is 0 Å². The van der Waals surface area contributed by atoms with E-state index in [1.54, 1.807) is 0 Å². The maximum atomic E-state index is 4.96. The van der Waals surface area contributed by atoms with Gasteiger partial charge in [-0.3, -0.25) is 0 Å². The number of oxime groups is 1. The van der Waals surface area contributed by atoms with Crippen LogP contribution in [-0.2, 0) is 4.84 Å². The van der Waals surface area contributed by atoms with Crippen molar-refractivity contribution >= 4 is 6.21 Å². The number of nitrogens with zero attached hydrogens (tertiary/aromatic N) is 1. The van der Waals surface area contributed by atoms with Crippen LogP contribution in [0.4, 0.5) is 0 Å². The molecule has 1 aliphatic rings. The van der Waals surface area contributed by atoms with Gasteiger partial charge in [0.25, 0.3) is 0 Å². The highest BCUT2D eigenvalue weighted by Gasteiger charge is 2.17. The standard InChI is InChI=1S/C11H19NO/c1-4-13-12-8-11-6-5-9(2)7-10(11)3/h7-8,10-11H,4-6H2,1-3H3/b12-8+. The van der Waals surface area contributed by atoms with E-state index in [0.717, 1.165) is 0 Å². The Morgan fingerprint density at radius 3 is 3.08 bits per heavy atom. The first-order valence-electron chi connectivity index (χ1n) is 5.06. The minimum Gasteiger partial charge on any atom is -0.396 e. The highest BCUT2D eigenvalue weighted by molar-refractivity contribution is 5.61. The van der Waals surface area contributed by atoms with Crippen LogP contribution in [0.2, 0.25) is 0 Å². The Morgan fingerprint density at radius 2 is 2.46 bits per heavy atom. The van der Waals surface area contributed by atoms with Gasteiger partial charge in [-0.05, 0) is 32.6 Å². The summed E-state index contributed by atoms with van der Waals surface area (Å²) in [6.07, 6.45) is 6.70. The summed E-state index contributed by atoms with van der Waals surface area (Å²) in [6.45, 7) is 7.05. The van der Waals surface area contributed by atoms with E-state index in [-0.39, 0.29) is 0 Å². The van der Waals surface area contributed by atoms with Crippen LogP contribution in [-0.4, -0.2) is 12.8 Å². The summed E-state index contributed by atoms with van der Waals surface area (Å²) in [5.41, 5.74) is 1.51. The average Bonchev–Trinajstić information content (AvgIpc) is 2.09. The number of allylic oxidation sites excluding steroid dienone is 2. The molecule has 1 rings (SSSR count). The highest BCUT2D eigenvalue weighted by atomic mass is 16.6. The summed E-state index contributed by atoms with van der Waals surface area (Å²) in [5.74, 6) is 1.17. The molecule has 0 saturated carbocycles. The van der Waals surface area contributed by atoms with Crippen LogP contribution in [0, 0.1) is 11.8 Å². The molecule has 0 spiro atoms. The third kappa shape index (κ3) is 3.21. The van der Waals surface area contributed by atoms with Gasteiger partial charge in [-0.15, -0.1) is 0 Å². The van der Waals surface area contributed by atoms with E-state index in [4.69, 9.17) is 4.84 Å². The molecule has 0 heterocycles. The van der Waals surface area contributed by atoms with E-state index in [0.29, 0.717) is 18.4 Å². The summed E-state index contributed by atoms with van der Waals surface area (Å²) in [7, 11) is 0. The van der Waals surface area contributed by atoms with Gasteiger partial charge in [0.1, 0.15) is 6.61 Å². The van der Waals surface area contributed by atoms with E-state index < -0.39 is 0 Å². The monoisotopic (exact) mass is 181 g/mol. The molecule has 0 N–H and O–H groups in total. The van der Waals surface area contributed by atoms with E-state index in [9.17, 15) is 0 Å². The molecule has 0 saturated heterocycles. The van der Waals surface area contributed by atoms with Crippen molar-refractivity contribution in [3.05, 3.63) is 11.6 Å². The predicted molar refractivity (Wildman–Crippen MR) is 55.8 cm³/mol. The molecular weight excluding hydrogens is 162 g/mol. The maximum absolute atomic E-state index is 4.96. The molecule has 2 nitrogen and oxygen atoms in total. The summed E-state index contributed by atoms with van der Waals surface area (Å²) in [5, 5.41) is 3.93. The lowest BCUT2D eigenvalue weighted by Crippen LogP contribution is -2.16. The lowest BCUT2D eigenvalue weighted by molar-refractivity contribution is 0.158. The molecule has 2 atom stereocenters. The summed E-state index contributed by atoms with van der Waals surface area (Å²) < 4.78 is 0. The molecule has 2 unspecified atom stereocenters. The van der Waals surface area contributed by atoms with Gasteiger partial charge in [-0.2, -0.15) is 0 Å². The summed E-state index contributed by atoms with van der Waals surface area (Å²) >= 11 is 0. The van der Waals surface area contributed by atoms with Crippen molar-refractivity contribution in [1.82, 2.24) is 0 Å². The van der Waals surface area contributed by atoms with Gasteiger partial charge >= 0.3 is 0 Å². The van der Waals surface area contributed by atoms with Gasteiger partial charge < -0.3 is 4.84 Å². The molecule has 0 aromatic rings. The molecular formula is C11H19NO. The average molecular weight is 181 g/mol. The lowest BCUT2D eigenvalue weighted by Gasteiger charge is -2.22. The molecule has 2 heteroatoms. The molecule has 1 aliphatic carbocycles. The van der Waals surface area contributed by atoms with Crippen LogP contribution in [0.3, 0.4) is 0 Å². The second-order valence-corrected chi connectivity index (χ2v) is 3.75. The zero-order valence-electron chi connectivity index (χ0n) is 8.79. The van der Waals surface area contributed by atoms with Crippen LogP contribution in [0.25, 0.3) is 0 Å². The zero-order chi connectivity index (χ0) is 9.68. The number of hydrogen-bond acceptors (Lipinski definition) is 2. The molecule has 0 aliphatic heterocycles. The molecule has 13 heavy (non-hydrogen) atoms. The minimum absolute atomic E-state index is 0.565. The quantitative estimate of drug-likeness (QED) is 0.372. The second kappa shape index (κ2) is 5.05. The largest absolute Gasteiger partial charge is 0.396 e. The number of rotatable bonds is 3. The smallest absolute Gasteiger partial charge is 0.114 e. The third-order valence-electron chi connectivity index (χ3n) is 2.55. The Morgan fingerprint density at radius 1 is 1.69 bits per heavy atom. The maximum Gasteiger partial charge on any atom is 0.114 e. The first kappa shape index (κ1) is 10.3. The topological polar surface area (TPSA) is 21.6 Å². The molecule has 74 valence electrons. The fourth-order valence-corrected chi connectivity index (χ4v) is 1.72. The van der Waals surface area contributed by atoms with Gasteiger partial charge in [0.15, 0.2) is 0 Å². The van der Waals surface area contributed by atoms with Crippen molar-refractivity contribution in [3.8, 4) is 0 Å². The van der Waals surface area contributed by atoms with Crippen molar-refractivity contribution in [1.29, 1.82) is 0 Å². The molecule has 0 bridgehead atoms. The van der Waals surface area contributed by atoms with Crippen LogP contribution in [0.1, 0.15) is 33.6 Å². The normalized spacial score (nSPS) is 29.0. The van der Waals surface area contributed by atoms with Crippen LogP contribution < -0.4 is 0 Å². The first-order chi connectivity index (χ1) is 6.24. The van der Waals surface area contributed by atoms with Crippen LogP contribution in [0.5, 0.6) is 0 Å². The van der Waals surface area contributed by atoms with Crippen molar-refractivity contribution in [2.45, 2.75) is 33.6 Å². The van der Waals surface area contributed by atoms with E-state index in [1.807, 2.05) is 13.1 Å². The molecule has 0 radical (unpaired) electrons. The Bertz CT molecular complexity index is 208. The van der Waals surface area contributed by atoms with E-state index in [2.05, 4.69) is 25.1 Å².